The molecule has 0 radical (unpaired) electrons. The minimum Gasteiger partial charge on any atom is -0.337 e. The fraction of sp³-hybridized carbons (Fsp3) is 0.286. The Labute approximate surface area is 168 Å². The molecule has 6 nitrogen and oxygen atoms in total. The number of carbonyl (C=O) groups excluding carboxylic acids is 1. The zero-order valence-corrected chi connectivity index (χ0v) is 16.3. The number of aromatic nitrogens is 2. The number of nitrogens with one attached hydrogen (secondary N) is 1. The number of hydrogen-bond acceptors (Lipinski definition) is 4. The van der Waals surface area contributed by atoms with Crippen LogP contribution in [0.5, 0.6) is 0 Å². The second kappa shape index (κ2) is 8.02. The molecule has 1 N–H and O–H groups in total. The summed E-state index contributed by atoms with van der Waals surface area (Å²) in [5, 5.41) is 7.71. The molecule has 4 rings (SSSR count). The van der Waals surface area contributed by atoms with Crippen molar-refractivity contribution >= 4 is 23.3 Å². The first-order chi connectivity index (χ1) is 13.6. The van der Waals surface area contributed by atoms with Crippen molar-refractivity contribution in [3.8, 4) is 11.4 Å². The lowest BCUT2D eigenvalue weighted by atomic mass is 10.0. The number of hydrogen-bond donors (Lipinski definition) is 1. The van der Waals surface area contributed by atoms with Gasteiger partial charge in [0.05, 0.1) is 0 Å². The standard InChI is InChI=1S/C21H21ClN4O2/c1-14-5-11-17(12-6-14)23-21(27)26-13-3-2-4-18(26)20-24-19(25-28-20)15-7-9-16(22)10-8-15/h5-12,18H,2-4,13H2,1H3,(H,23,27)/t18-/m0/s1. The van der Waals surface area contributed by atoms with Crippen molar-refractivity contribution in [2.24, 2.45) is 0 Å². The molecule has 7 heteroatoms. The van der Waals surface area contributed by atoms with Gasteiger partial charge in [0.1, 0.15) is 6.04 Å². The van der Waals surface area contributed by atoms with Crippen LogP contribution >= 0.6 is 11.6 Å². The van der Waals surface area contributed by atoms with Gasteiger partial charge in [0.15, 0.2) is 0 Å². The molecular formula is C21H21ClN4O2. The molecule has 0 unspecified atom stereocenters. The highest BCUT2D eigenvalue weighted by molar-refractivity contribution is 6.30. The van der Waals surface area contributed by atoms with Crippen molar-refractivity contribution < 1.29 is 9.32 Å². The Hall–Kier alpha value is -2.86. The molecule has 1 atom stereocenters. The molecule has 1 aliphatic heterocycles. The van der Waals surface area contributed by atoms with Crippen molar-refractivity contribution in [2.45, 2.75) is 32.2 Å². The van der Waals surface area contributed by atoms with Crippen molar-refractivity contribution in [3.05, 3.63) is 65.0 Å². The summed E-state index contributed by atoms with van der Waals surface area (Å²) in [5.41, 5.74) is 2.74. The molecule has 0 saturated carbocycles. The Kier molecular flexibility index (Phi) is 5.30. The van der Waals surface area contributed by atoms with E-state index in [2.05, 4.69) is 15.5 Å². The highest BCUT2D eigenvalue weighted by atomic mass is 35.5. The number of likely N-dealkylation sites (tertiary alicyclic amines) is 1. The summed E-state index contributed by atoms with van der Waals surface area (Å²) in [6.45, 7) is 2.67. The topological polar surface area (TPSA) is 71.3 Å². The van der Waals surface area contributed by atoms with Gasteiger partial charge in [-0.3, -0.25) is 0 Å². The summed E-state index contributed by atoms with van der Waals surface area (Å²) < 4.78 is 5.52. The SMILES string of the molecule is Cc1ccc(NC(=O)N2CCCC[C@H]2c2nc(-c3ccc(Cl)cc3)no2)cc1. The first kappa shape index (κ1) is 18.5. The fourth-order valence-corrected chi connectivity index (χ4v) is 3.48. The number of carbonyl (C=O) groups is 1. The van der Waals surface area contributed by atoms with Crippen LogP contribution in [-0.2, 0) is 0 Å². The molecule has 0 spiro atoms. The number of benzene rings is 2. The van der Waals surface area contributed by atoms with Gasteiger partial charge in [-0.25, -0.2) is 4.79 Å². The number of halogens is 1. The van der Waals surface area contributed by atoms with Gasteiger partial charge in [-0.2, -0.15) is 4.98 Å². The number of anilines is 1. The van der Waals surface area contributed by atoms with Gasteiger partial charge >= 0.3 is 6.03 Å². The predicted molar refractivity (Wildman–Crippen MR) is 108 cm³/mol. The Morgan fingerprint density at radius 1 is 1.14 bits per heavy atom. The highest BCUT2D eigenvalue weighted by Gasteiger charge is 2.32. The maximum Gasteiger partial charge on any atom is 0.322 e. The van der Waals surface area contributed by atoms with E-state index in [1.807, 2.05) is 43.3 Å². The van der Waals surface area contributed by atoms with Crippen LogP contribution in [0.4, 0.5) is 10.5 Å². The average Bonchev–Trinajstić information content (AvgIpc) is 3.20. The summed E-state index contributed by atoms with van der Waals surface area (Å²) in [5.74, 6) is 0.958. The monoisotopic (exact) mass is 396 g/mol. The highest BCUT2D eigenvalue weighted by Crippen LogP contribution is 2.32. The molecule has 1 aromatic heterocycles. The Morgan fingerprint density at radius 3 is 2.64 bits per heavy atom. The Balaban J connectivity index is 1.53. The Morgan fingerprint density at radius 2 is 1.89 bits per heavy atom. The third-order valence-electron chi connectivity index (χ3n) is 4.90. The third-order valence-corrected chi connectivity index (χ3v) is 5.15. The van der Waals surface area contributed by atoms with Gasteiger partial charge in [-0.15, -0.1) is 0 Å². The zero-order valence-electron chi connectivity index (χ0n) is 15.6. The van der Waals surface area contributed by atoms with E-state index in [0.29, 0.717) is 23.3 Å². The Bertz CT molecular complexity index is 953. The molecular weight excluding hydrogens is 376 g/mol. The van der Waals surface area contributed by atoms with E-state index in [1.165, 1.54) is 0 Å². The van der Waals surface area contributed by atoms with Crippen LogP contribution in [-0.4, -0.2) is 27.6 Å². The van der Waals surface area contributed by atoms with Crippen LogP contribution in [0.3, 0.4) is 0 Å². The second-order valence-electron chi connectivity index (χ2n) is 6.96. The van der Waals surface area contributed by atoms with Crippen LogP contribution in [0.25, 0.3) is 11.4 Å². The molecule has 28 heavy (non-hydrogen) atoms. The summed E-state index contributed by atoms with van der Waals surface area (Å²) in [7, 11) is 0. The lowest BCUT2D eigenvalue weighted by Gasteiger charge is -2.33. The first-order valence-corrected chi connectivity index (χ1v) is 9.72. The van der Waals surface area contributed by atoms with Crippen LogP contribution in [0.2, 0.25) is 5.02 Å². The minimum absolute atomic E-state index is 0.153. The quantitative estimate of drug-likeness (QED) is 0.638. The van der Waals surface area contributed by atoms with E-state index >= 15 is 0 Å². The van der Waals surface area contributed by atoms with Crippen molar-refractivity contribution in [1.82, 2.24) is 15.0 Å². The minimum atomic E-state index is -0.229. The fourth-order valence-electron chi connectivity index (χ4n) is 3.35. The van der Waals surface area contributed by atoms with Gasteiger partial charge in [-0.1, -0.05) is 34.5 Å². The van der Waals surface area contributed by atoms with Crippen LogP contribution < -0.4 is 5.32 Å². The molecule has 2 amide bonds. The molecule has 1 saturated heterocycles. The summed E-state index contributed by atoms with van der Waals surface area (Å²) in [4.78, 5) is 19.2. The maximum atomic E-state index is 12.9. The summed E-state index contributed by atoms with van der Waals surface area (Å²) in [6.07, 6.45) is 2.76. The molecule has 144 valence electrons. The van der Waals surface area contributed by atoms with E-state index in [4.69, 9.17) is 16.1 Å². The number of amides is 2. The number of piperidine rings is 1. The zero-order chi connectivity index (χ0) is 19.5. The van der Waals surface area contributed by atoms with Crippen molar-refractivity contribution in [1.29, 1.82) is 0 Å². The van der Waals surface area contributed by atoms with Crippen molar-refractivity contribution in [2.75, 3.05) is 11.9 Å². The normalized spacial score (nSPS) is 16.8. The van der Waals surface area contributed by atoms with Gasteiger partial charge in [0.2, 0.25) is 11.7 Å². The van der Waals surface area contributed by atoms with E-state index in [0.717, 1.165) is 36.1 Å². The van der Waals surface area contributed by atoms with Crippen molar-refractivity contribution in [3.63, 3.8) is 0 Å². The number of rotatable bonds is 3. The van der Waals surface area contributed by atoms with E-state index < -0.39 is 0 Å². The lowest BCUT2D eigenvalue weighted by Crippen LogP contribution is -2.41. The van der Waals surface area contributed by atoms with Crippen LogP contribution in [0.1, 0.15) is 36.8 Å². The van der Waals surface area contributed by atoms with Crippen LogP contribution in [0.15, 0.2) is 53.1 Å². The van der Waals surface area contributed by atoms with E-state index in [-0.39, 0.29) is 12.1 Å². The smallest absolute Gasteiger partial charge is 0.322 e. The lowest BCUT2D eigenvalue weighted by molar-refractivity contribution is 0.142. The van der Waals surface area contributed by atoms with Crippen LogP contribution in [0, 0.1) is 6.92 Å². The summed E-state index contributed by atoms with van der Waals surface area (Å²) in [6, 6.07) is 14.6. The molecule has 1 fully saturated rings. The molecule has 0 aliphatic carbocycles. The third kappa shape index (κ3) is 4.02. The predicted octanol–water partition coefficient (Wildman–Crippen LogP) is 5.46. The molecule has 2 heterocycles. The van der Waals surface area contributed by atoms with Gasteiger partial charge < -0.3 is 14.7 Å². The van der Waals surface area contributed by atoms with E-state index in [1.54, 1.807) is 17.0 Å². The number of aryl methyl sites for hydroxylation is 1. The molecule has 3 aromatic rings. The number of nitrogens with zero attached hydrogens (tertiary/aromatic N) is 3. The van der Waals surface area contributed by atoms with Gasteiger partial charge in [-0.05, 0) is 62.6 Å². The number of urea groups is 1. The maximum absolute atomic E-state index is 12.9. The van der Waals surface area contributed by atoms with Gasteiger partial charge in [0.25, 0.3) is 0 Å². The van der Waals surface area contributed by atoms with E-state index in [9.17, 15) is 4.79 Å². The largest absolute Gasteiger partial charge is 0.337 e. The molecule has 0 bridgehead atoms. The second-order valence-corrected chi connectivity index (χ2v) is 7.40. The average molecular weight is 397 g/mol. The molecule has 2 aromatic carbocycles. The summed E-state index contributed by atoms with van der Waals surface area (Å²) >= 11 is 5.94. The first-order valence-electron chi connectivity index (χ1n) is 9.34. The molecule has 1 aliphatic rings. The van der Waals surface area contributed by atoms with Gasteiger partial charge in [0, 0.05) is 22.8 Å².